The third-order valence-electron chi connectivity index (χ3n) is 4.02. The van der Waals surface area contributed by atoms with Gasteiger partial charge in [-0.15, -0.1) is 10.2 Å². The van der Waals surface area contributed by atoms with Crippen LogP contribution in [-0.4, -0.2) is 14.8 Å². The smallest absolute Gasteiger partial charge is 0.308 e. The lowest BCUT2D eigenvalue weighted by atomic mass is 9.89. The molecule has 1 aliphatic carbocycles. The maximum absolute atomic E-state index is 12.2. The Hall–Kier alpha value is -1.43. The average molecular weight is 293 g/mol. The number of aromatic nitrogens is 3. The highest BCUT2D eigenvalue weighted by Gasteiger charge is 2.24. The molecule has 1 atom stereocenters. The minimum absolute atomic E-state index is 0.100. The molecule has 0 saturated heterocycles. The van der Waals surface area contributed by atoms with E-state index in [1.165, 1.54) is 34.7 Å². The van der Waals surface area contributed by atoms with E-state index in [1.54, 1.807) is 0 Å². The number of hydrogen-bond donors (Lipinski definition) is 0. The summed E-state index contributed by atoms with van der Waals surface area (Å²) in [4.78, 5) is 13.5. The highest BCUT2D eigenvalue weighted by molar-refractivity contribution is 7.09. The summed E-state index contributed by atoms with van der Waals surface area (Å²) >= 11 is 1.39. The highest BCUT2D eigenvalue weighted by atomic mass is 32.1. The van der Waals surface area contributed by atoms with Gasteiger partial charge in [0, 0.05) is 17.0 Å². The monoisotopic (exact) mass is 293 g/mol. The molecule has 0 N–H and O–H groups in total. The molecule has 0 aromatic carbocycles. The summed E-state index contributed by atoms with van der Waals surface area (Å²) < 4.78 is 7.34. The van der Waals surface area contributed by atoms with Crippen LogP contribution in [0.2, 0.25) is 0 Å². The molecular weight excluding hydrogens is 274 g/mol. The Balaban J connectivity index is 1.87. The van der Waals surface area contributed by atoms with E-state index in [2.05, 4.69) is 17.1 Å². The molecular formula is C14H19N3O2S. The van der Waals surface area contributed by atoms with Gasteiger partial charge in [-0.25, -0.2) is 0 Å². The van der Waals surface area contributed by atoms with Crippen molar-refractivity contribution in [2.45, 2.75) is 52.5 Å². The maximum atomic E-state index is 12.2. The molecule has 0 saturated carbocycles. The van der Waals surface area contributed by atoms with E-state index in [9.17, 15) is 4.79 Å². The van der Waals surface area contributed by atoms with Gasteiger partial charge >= 0.3 is 4.87 Å². The molecule has 2 aromatic heterocycles. The van der Waals surface area contributed by atoms with Crippen LogP contribution in [0.4, 0.5) is 0 Å². The van der Waals surface area contributed by atoms with Gasteiger partial charge in [-0.1, -0.05) is 31.6 Å². The van der Waals surface area contributed by atoms with Crippen LogP contribution < -0.4 is 4.87 Å². The Bertz CT molecular complexity index is 656. The van der Waals surface area contributed by atoms with E-state index in [0.29, 0.717) is 18.3 Å². The summed E-state index contributed by atoms with van der Waals surface area (Å²) in [6, 6.07) is 0. The van der Waals surface area contributed by atoms with Crippen LogP contribution in [0.15, 0.2) is 9.21 Å². The van der Waals surface area contributed by atoms with E-state index >= 15 is 0 Å². The molecule has 0 spiro atoms. The lowest BCUT2D eigenvalue weighted by molar-refractivity contribution is 0.418. The van der Waals surface area contributed by atoms with Crippen molar-refractivity contribution < 1.29 is 4.42 Å². The minimum atomic E-state index is 0.100. The molecule has 108 valence electrons. The van der Waals surface area contributed by atoms with Crippen molar-refractivity contribution in [3.05, 3.63) is 32.0 Å². The molecule has 3 rings (SSSR count). The fourth-order valence-corrected chi connectivity index (χ4v) is 3.90. The Labute approximate surface area is 121 Å². The quantitative estimate of drug-likeness (QED) is 0.868. The van der Waals surface area contributed by atoms with Crippen LogP contribution in [0, 0.1) is 5.92 Å². The Morgan fingerprint density at radius 1 is 1.35 bits per heavy atom. The van der Waals surface area contributed by atoms with Crippen molar-refractivity contribution in [2.24, 2.45) is 5.92 Å². The van der Waals surface area contributed by atoms with Crippen molar-refractivity contribution >= 4 is 11.3 Å². The molecule has 1 unspecified atom stereocenters. The van der Waals surface area contributed by atoms with Crippen LogP contribution in [-0.2, 0) is 25.8 Å². The number of nitrogens with zero attached hydrogens (tertiary/aromatic N) is 3. The SMILES string of the molecule is CCc1nnc(Cn2c3c(sc2=O)CC(CC)CC3)o1. The predicted octanol–water partition coefficient (Wildman–Crippen LogP) is 2.42. The van der Waals surface area contributed by atoms with Gasteiger partial charge in [0.05, 0.1) is 0 Å². The Morgan fingerprint density at radius 2 is 2.15 bits per heavy atom. The molecule has 2 aromatic rings. The summed E-state index contributed by atoms with van der Waals surface area (Å²) in [7, 11) is 0. The standard InChI is InChI=1S/C14H19N3O2S/c1-3-9-5-6-10-11(7-9)20-14(18)17(10)8-13-16-15-12(4-2)19-13/h9H,3-8H2,1-2H3. The van der Waals surface area contributed by atoms with Crippen molar-refractivity contribution in [3.8, 4) is 0 Å². The fraction of sp³-hybridized carbons (Fsp3) is 0.643. The Kier molecular flexibility index (Phi) is 3.74. The first-order valence-corrected chi connectivity index (χ1v) is 8.05. The molecule has 0 radical (unpaired) electrons. The molecule has 1 aliphatic rings. The van der Waals surface area contributed by atoms with E-state index in [0.717, 1.165) is 25.2 Å². The van der Waals surface area contributed by atoms with Gasteiger partial charge in [-0.05, 0) is 25.2 Å². The van der Waals surface area contributed by atoms with Gasteiger partial charge in [0.2, 0.25) is 11.8 Å². The van der Waals surface area contributed by atoms with Crippen molar-refractivity contribution in [1.29, 1.82) is 0 Å². The Morgan fingerprint density at radius 3 is 2.85 bits per heavy atom. The first-order valence-electron chi connectivity index (χ1n) is 7.23. The summed E-state index contributed by atoms with van der Waals surface area (Å²) in [6.07, 6.45) is 5.12. The number of fused-ring (bicyclic) bond motifs is 1. The van der Waals surface area contributed by atoms with Crippen LogP contribution in [0.5, 0.6) is 0 Å². The molecule has 0 fully saturated rings. The number of aryl methyl sites for hydroxylation is 1. The molecule has 20 heavy (non-hydrogen) atoms. The third kappa shape index (κ3) is 2.44. The van der Waals surface area contributed by atoms with Crippen LogP contribution >= 0.6 is 11.3 Å². The summed E-state index contributed by atoms with van der Waals surface area (Å²) in [5.74, 6) is 1.88. The normalized spacial score (nSPS) is 18.2. The second kappa shape index (κ2) is 5.52. The van der Waals surface area contributed by atoms with Crippen LogP contribution in [0.3, 0.4) is 0 Å². The molecule has 6 heteroatoms. The molecule has 0 bridgehead atoms. The zero-order valence-corrected chi connectivity index (χ0v) is 12.7. The average Bonchev–Trinajstić information content (AvgIpc) is 3.04. The van der Waals surface area contributed by atoms with Crippen LogP contribution in [0.1, 0.15) is 49.0 Å². The van der Waals surface area contributed by atoms with Gasteiger partial charge in [-0.3, -0.25) is 9.36 Å². The zero-order chi connectivity index (χ0) is 14.1. The second-order valence-electron chi connectivity index (χ2n) is 5.28. The molecule has 5 nitrogen and oxygen atoms in total. The van der Waals surface area contributed by atoms with Crippen molar-refractivity contribution in [2.75, 3.05) is 0 Å². The first-order chi connectivity index (χ1) is 9.71. The van der Waals surface area contributed by atoms with E-state index in [1.807, 2.05) is 11.5 Å². The molecule has 0 aliphatic heterocycles. The summed E-state index contributed by atoms with van der Waals surface area (Å²) in [5.41, 5.74) is 1.18. The van der Waals surface area contributed by atoms with E-state index in [4.69, 9.17) is 4.42 Å². The predicted molar refractivity (Wildman–Crippen MR) is 77.2 cm³/mol. The lowest BCUT2D eigenvalue weighted by Crippen LogP contribution is -2.20. The minimum Gasteiger partial charge on any atom is -0.423 e. The van der Waals surface area contributed by atoms with Crippen molar-refractivity contribution in [3.63, 3.8) is 0 Å². The number of hydrogen-bond acceptors (Lipinski definition) is 5. The topological polar surface area (TPSA) is 60.9 Å². The fourth-order valence-electron chi connectivity index (χ4n) is 2.76. The zero-order valence-electron chi connectivity index (χ0n) is 11.9. The molecule has 0 amide bonds. The van der Waals surface area contributed by atoms with Crippen LogP contribution in [0.25, 0.3) is 0 Å². The van der Waals surface area contributed by atoms with E-state index < -0.39 is 0 Å². The third-order valence-corrected chi connectivity index (χ3v) is 5.07. The summed E-state index contributed by atoms with van der Waals surface area (Å²) in [5, 5.41) is 7.96. The lowest BCUT2D eigenvalue weighted by Gasteiger charge is -2.21. The highest BCUT2D eigenvalue weighted by Crippen LogP contribution is 2.29. The first kappa shape index (κ1) is 13.5. The second-order valence-corrected chi connectivity index (χ2v) is 6.33. The van der Waals surface area contributed by atoms with Crippen molar-refractivity contribution in [1.82, 2.24) is 14.8 Å². The van der Waals surface area contributed by atoms with Gasteiger partial charge < -0.3 is 4.42 Å². The number of thiazole rings is 1. The largest absolute Gasteiger partial charge is 0.423 e. The van der Waals surface area contributed by atoms with Gasteiger partial charge in [0.15, 0.2) is 0 Å². The number of rotatable bonds is 4. The summed E-state index contributed by atoms with van der Waals surface area (Å²) in [6.45, 7) is 4.61. The van der Waals surface area contributed by atoms with Gasteiger partial charge in [0.1, 0.15) is 6.54 Å². The molecule has 2 heterocycles. The maximum Gasteiger partial charge on any atom is 0.308 e. The van der Waals surface area contributed by atoms with E-state index in [-0.39, 0.29) is 4.87 Å². The van der Waals surface area contributed by atoms with Gasteiger partial charge in [0.25, 0.3) is 0 Å². The van der Waals surface area contributed by atoms with Gasteiger partial charge in [-0.2, -0.15) is 0 Å².